The molecule has 0 aliphatic heterocycles. The number of carbonyl (C=O) groups excluding carboxylic acids is 1. The molecule has 20 heavy (non-hydrogen) atoms. The van der Waals surface area contributed by atoms with Crippen molar-refractivity contribution >= 4 is 33.1 Å². The summed E-state index contributed by atoms with van der Waals surface area (Å²) >= 11 is 1.51. The molecule has 0 radical (unpaired) electrons. The van der Waals surface area contributed by atoms with Gasteiger partial charge in [-0.3, -0.25) is 4.79 Å². The summed E-state index contributed by atoms with van der Waals surface area (Å²) in [6.07, 6.45) is 5.34. The second-order valence-electron chi connectivity index (χ2n) is 4.21. The van der Waals surface area contributed by atoms with E-state index in [-0.39, 0.29) is 5.91 Å². The van der Waals surface area contributed by atoms with Gasteiger partial charge in [0.25, 0.3) is 5.91 Å². The lowest BCUT2D eigenvalue weighted by Gasteiger charge is -2.05. The number of benzene rings is 2. The van der Waals surface area contributed by atoms with Crippen LogP contribution in [0.15, 0.2) is 48.0 Å². The summed E-state index contributed by atoms with van der Waals surface area (Å²) in [5, 5.41) is 2.84. The molecule has 0 aliphatic rings. The number of aromatic nitrogens is 1. The predicted molar refractivity (Wildman–Crippen MR) is 82.0 cm³/mol. The van der Waals surface area contributed by atoms with Gasteiger partial charge in [-0.25, -0.2) is 4.98 Å². The maximum atomic E-state index is 12.2. The largest absolute Gasteiger partial charge is 0.322 e. The number of hydrogen-bond acceptors (Lipinski definition) is 3. The zero-order valence-corrected chi connectivity index (χ0v) is 11.3. The van der Waals surface area contributed by atoms with Gasteiger partial charge < -0.3 is 5.32 Å². The Hall–Kier alpha value is -2.64. The highest BCUT2D eigenvalue weighted by molar-refractivity contribution is 7.16. The van der Waals surface area contributed by atoms with Gasteiger partial charge in [0.2, 0.25) is 0 Å². The number of nitrogens with one attached hydrogen (secondary N) is 1. The molecule has 3 nitrogen and oxygen atoms in total. The Kier molecular flexibility index (Phi) is 3.20. The van der Waals surface area contributed by atoms with E-state index in [9.17, 15) is 4.79 Å². The van der Waals surface area contributed by atoms with Gasteiger partial charge in [-0.2, -0.15) is 0 Å². The average Bonchev–Trinajstić information content (AvgIpc) is 2.94. The number of nitrogens with zero attached hydrogens (tertiary/aromatic N) is 1. The molecule has 0 saturated carbocycles. The second-order valence-corrected chi connectivity index (χ2v) is 5.10. The summed E-state index contributed by atoms with van der Waals surface area (Å²) in [4.78, 5) is 16.4. The smallest absolute Gasteiger partial charge is 0.255 e. The standard InChI is InChI=1S/C16H10N2OS/c1-2-11-4-3-5-13(8-11)18-16(19)12-6-7-14-15(9-12)20-10-17-14/h1,3-10H,(H,18,19). The molecule has 1 heterocycles. The molecule has 0 fully saturated rings. The minimum atomic E-state index is -0.158. The first-order chi connectivity index (χ1) is 9.76. The number of anilines is 1. The van der Waals surface area contributed by atoms with Crippen LogP contribution in [-0.2, 0) is 0 Å². The first kappa shape index (κ1) is 12.4. The monoisotopic (exact) mass is 278 g/mol. The Morgan fingerprint density at radius 3 is 3.00 bits per heavy atom. The SMILES string of the molecule is C#Cc1cccc(NC(=O)c2ccc3ncsc3c2)c1. The normalized spacial score (nSPS) is 10.2. The number of amides is 1. The van der Waals surface area contributed by atoms with Crippen LogP contribution in [0.4, 0.5) is 5.69 Å². The highest BCUT2D eigenvalue weighted by Gasteiger charge is 2.08. The van der Waals surface area contributed by atoms with Crippen molar-refractivity contribution in [3.63, 3.8) is 0 Å². The summed E-state index contributed by atoms with van der Waals surface area (Å²) < 4.78 is 0.995. The average molecular weight is 278 g/mol. The van der Waals surface area contributed by atoms with Crippen molar-refractivity contribution in [2.45, 2.75) is 0 Å². The van der Waals surface area contributed by atoms with Gasteiger partial charge >= 0.3 is 0 Å². The summed E-state index contributed by atoms with van der Waals surface area (Å²) in [5.74, 6) is 2.39. The van der Waals surface area contributed by atoms with Gasteiger partial charge in [-0.15, -0.1) is 17.8 Å². The van der Waals surface area contributed by atoms with Crippen LogP contribution >= 0.6 is 11.3 Å². The quantitative estimate of drug-likeness (QED) is 0.729. The first-order valence-electron chi connectivity index (χ1n) is 5.97. The second kappa shape index (κ2) is 5.16. The molecule has 0 spiro atoms. The fourth-order valence-electron chi connectivity index (χ4n) is 1.89. The van der Waals surface area contributed by atoms with E-state index < -0.39 is 0 Å². The van der Waals surface area contributed by atoms with E-state index in [0.29, 0.717) is 11.3 Å². The zero-order chi connectivity index (χ0) is 13.9. The molecule has 4 heteroatoms. The van der Waals surface area contributed by atoms with Crippen LogP contribution in [0.3, 0.4) is 0 Å². The van der Waals surface area contributed by atoms with Gasteiger partial charge in [0.1, 0.15) is 0 Å². The lowest BCUT2D eigenvalue weighted by molar-refractivity contribution is 0.102. The van der Waals surface area contributed by atoms with E-state index in [1.165, 1.54) is 11.3 Å². The third kappa shape index (κ3) is 2.40. The van der Waals surface area contributed by atoms with Crippen molar-refractivity contribution in [3.8, 4) is 12.3 Å². The molecule has 96 valence electrons. The number of rotatable bonds is 2. The predicted octanol–water partition coefficient (Wildman–Crippen LogP) is 3.53. The molecule has 2 aromatic carbocycles. The Morgan fingerprint density at radius 2 is 2.15 bits per heavy atom. The first-order valence-corrected chi connectivity index (χ1v) is 6.85. The molecule has 3 rings (SSSR count). The van der Waals surface area contributed by atoms with Gasteiger partial charge in [0.15, 0.2) is 0 Å². The van der Waals surface area contributed by atoms with Gasteiger partial charge in [-0.1, -0.05) is 12.0 Å². The molecular weight excluding hydrogens is 268 g/mol. The lowest BCUT2D eigenvalue weighted by Crippen LogP contribution is -2.11. The summed E-state index contributed by atoms with van der Waals surface area (Å²) in [6.45, 7) is 0. The van der Waals surface area contributed by atoms with Crippen molar-refractivity contribution in [3.05, 3.63) is 59.1 Å². The van der Waals surface area contributed by atoms with Gasteiger partial charge in [0, 0.05) is 16.8 Å². The molecule has 0 bridgehead atoms. The van der Waals surface area contributed by atoms with E-state index >= 15 is 0 Å². The van der Waals surface area contributed by atoms with Gasteiger partial charge in [-0.05, 0) is 36.4 Å². The van der Waals surface area contributed by atoms with Crippen molar-refractivity contribution in [2.75, 3.05) is 5.32 Å². The minimum absolute atomic E-state index is 0.158. The van der Waals surface area contributed by atoms with E-state index in [2.05, 4.69) is 16.2 Å². The molecule has 0 unspecified atom stereocenters. The molecule has 1 N–H and O–H groups in total. The summed E-state index contributed by atoms with van der Waals surface area (Å²) in [7, 11) is 0. The highest BCUT2D eigenvalue weighted by Crippen LogP contribution is 2.20. The van der Waals surface area contributed by atoms with Crippen molar-refractivity contribution in [2.24, 2.45) is 0 Å². The topological polar surface area (TPSA) is 42.0 Å². The lowest BCUT2D eigenvalue weighted by atomic mass is 10.1. The summed E-state index contributed by atoms with van der Waals surface area (Å²) in [6, 6.07) is 12.7. The number of fused-ring (bicyclic) bond motifs is 1. The molecular formula is C16H10N2OS. The zero-order valence-electron chi connectivity index (χ0n) is 10.5. The van der Waals surface area contributed by atoms with Crippen LogP contribution in [0.5, 0.6) is 0 Å². The molecule has 0 atom stereocenters. The third-order valence-corrected chi connectivity index (χ3v) is 3.67. The van der Waals surface area contributed by atoms with Crippen LogP contribution in [0.25, 0.3) is 10.2 Å². The van der Waals surface area contributed by atoms with E-state index in [1.54, 1.807) is 17.6 Å². The van der Waals surface area contributed by atoms with Crippen LogP contribution in [0, 0.1) is 12.3 Å². The molecule has 0 saturated heterocycles. The van der Waals surface area contributed by atoms with Crippen molar-refractivity contribution in [1.82, 2.24) is 4.98 Å². The van der Waals surface area contributed by atoms with Crippen molar-refractivity contribution in [1.29, 1.82) is 0 Å². The third-order valence-electron chi connectivity index (χ3n) is 2.88. The number of thiazole rings is 1. The number of carbonyl (C=O) groups is 1. The fourth-order valence-corrected chi connectivity index (χ4v) is 2.60. The Balaban J connectivity index is 1.86. The van der Waals surface area contributed by atoms with Crippen LogP contribution in [0.1, 0.15) is 15.9 Å². The van der Waals surface area contributed by atoms with Gasteiger partial charge in [0.05, 0.1) is 15.7 Å². The molecule has 1 aromatic heterocycles. The van der Waals surface area contributed by atoms with E-state index in [1.807, 2.05) is 30.3 Å². The number of hydrogen-bond donors (Lipinski definition) is 1. The van der Waals surface area contributed by atoms with Crippen LogP contribution < -0.4 is 5.32 Å². The van der Waals surface area contributed by atoms with Crippen molar-refractivity contribution < 1.29 is 4.79 Å². The fraction of sp³-hybridized carbons (Fsp3) is 0. The van der Waals surface area contributed by atoms with E-state index in [4.69, 9.17) is 6.42 Å². The van der Waals surface area contributed by atoms with Crippen LogP contribution in [0.2, 0.25) is 0 Å². The maximum Gasteiger partial charge on any atom is 0.255 e. The Labute approximate surface area is 120 Å². The summed E-state index contributed by atoms with van der Waals surface area (Å²) in [5.41, 5.74) is 4.70. The molecule has 0 aliphatic carbocycles. The Bertz CT molecular complexity index is 830. The highest BCUT2D eigenvalue weighted by atomic mass is 32.1. The van der Waals surface area contributed by atoms with E-state index in [0.717, 1.165) is 15.8 Å². The number of terminal acetylenes is 1. The van der Waals surface area contributed by atoms with Crippen LogP contribution in [-0.4, -0.2) is 10.9 Å². The molecule has 1 amide bonds. The minimum Gasteiger partial charge on any atom is -0.322 e. The maximum absolute atomic E-state index is 12.2. The Morgan fingerprint density at radius 1 is 1.25 bits per heavy atom. The molecule has 3 aromatic rings.